The summed E-state index contributed by atoms with van der Waals surface area (Å²) < 4.78 is 5.51. The number of benzene rings is 1. The lowest BCUT2D eigenvalue weighted by Crippen LogP contribution is -2.09. The van der Waals surface area contributed by atoms with Crippen molar-refractivity contribution in [2.75, 3.05) is 6.61 Å². The number of ether oxygens (including phenoxy) is 1. The van der Waals surface area contributed by atoms with Gasteiger partial charge in [-0.25, -0.2) is 0 Å². The van der Waals surface area contributed by atoms with Crippen LogP contribution in [0.2, 0.25) is 0 Å². The van der Waals surface area contributed by atoms with Crippen LogP contribution in [0.25, 0.3) is 0 Å². The second-order valence-corrected chi connectivity index (χ2v) is 4.27. The minimum atomic E-state index is -0.713. The lowest BCUT2D eigenvalue weighted by Gasteiger charge is -2.06. The van der Waals surface area contributed by atoms with Gasteiger partial charge in [-0.1, -0.05) is 43.7 Å². The summed E-state index contributed by atoms with van der Waals surface area (Å²) in [4.78, 5) is 10.6. The number of aliphatic carboxylic acids is 1. The monoisotopic (exact) mass is 236 g/mol. The van der Waals surface area contributed by atoms with Crippen LogP contribution < -0.4 is 0 Å². The van der Waals surface area contributed by atoms with E-state index in [1.54, 1.807) is 6.92 Å². The van der Waals surface area contributed by atoms with E-state index in [1.807, 2.05) is 30.3 Å². The molecule has 0 unspecified atom stereocenters. The van der Waals surface area contributed by atoms with Crippen LogP contribution in [-0.2, 0) is 16.1 Å². The molecule has 1 atom stereocenters. The van der Waals surface area contributed by atoms with Crippen molar-refractivity contribution in [1.82, 2.24) is 0 Å². The highest BCUT2D eigenvalue weighted by atomic mass is 16.5. The lowest BCUT2D eigenvalue weighted by molar-refractivity contribution is -0.141. The van der Waals surface area contributed by atoms with E-state index in [2.05, 4.69) is 0 Å². The molecule has 0 aromatic heterocycles. The Morgan fingerprint density at radius 2 is 2.00 bits per heavy atom. The first-order valence-corrected chi connectivity index (χ1v) is 6.04. The van der Waals surface area contributed by atoms with E-state index in [-0.39, 0.29) is 5.92 Å². The summed E-state index contributed by atoms with van der Waals surface area (Å²) in [6.07, 6.45) is 2.55. The maximum absolute atomic E-state index is 10.6. The largest absolute Gasteiger partial charge is 0.481 e. The van der Waals surface area contributed by atoms with Gasteiger partial charge in [0, 0.05) is 6.61 Å². The number of rotatable bonds is 8. The molecule has 0 saturated heterocycles. The van der Waals surface area contributed by atoms with Gasteiger partial charge in [0.05, 0.1) is 12.5 Å². The fourth-order valence-corrected chi connectivity index (χ4v) is 1.54. The SMILES string of the molecule is C[C@H](CCCCOCc1ccccc1)C(=O)O. The summed E-state index contributed by atoms with van der Waals surface area (Å²) in [5.74, 6) is -0.959. The maximum Gasteiger partial charge on any atom is 0.306 e. The topological polar surface area (TPSA) is 46.5 Å². The number of carboxylic acid groups (broad SMARTS) is 1. The average Bonchev–Trinajstić information content (AvgIpc) is 2.34. The zero-order valence-corrected chi connectivity index (χ0v) is 10.3. The molecule has 3 heteroatoms. The average molecular weight is 236 g/mol. The first-order valence-electron chi connectivity index (χ1n) is 6.04. The van der Waals surface area contributed by atoms with Gasteiger partial charge in [0.2, 0.25) is 0 Å². The fraction of sp³-hybridized carbons (Fsp3) is 0.500. The zero-order valence-electron chi connectivity index (χ0n) is 10.3. The summed E-state index contributed by atoms with van der Waals surface area (Å²) in [7, 11) is 0. The van der Waals surface area contributed by atoms with Gasteiger partial charge in [0.1, 0.15) is 0 Å². The van der Waals surface area contributed by atoms with Gasteiger partial charge >= 0.3 is 5.97 Å². The van der Waals surface area contributed by atoms with E-state index in [9.17, 15) is 4.79 Å². The molecule has 0 amide bonds. The van der Waals surface area contributed by atoms with Crippen molar-refractivity contribution in [2.45, 2.75) is 32.8 Å². The summed E-state index contributed by atoms with van der Waals surface area (Å²) in [5.41, 5.74) is 1.17. The second-order valence-electron chi connectivity index (χ2n) is 4.27. The molecule has 0 aliphatic heterocycles. The Kier molecular flexibility index (Phi) is 6.33. The van der Waals surface area contributed by atoms with Crippen LogP contribution in [-0.4, -0.2) is 17.7 Å². The molecule has 0 aliphatic rings. The van der Waals surface area contributed by atoms with Crippen molar-refractivity contribution in [3.05, 3.63) is 35.9 Å². The van der Waals surface area contributed by atoms with Crippen molar-refractivity contribution < 1.29 is 14.6 Å². The number of carboxylic acids is 1. The van der Waals surface area contributed by atoms with Crippen LogP contribution in [0.3, 0.4) is 0 Å². The molecular formula is C14H20O3. The molecule has 0 saturated carbocycles. The van der Waals surface area contributed by atoms with Gasteiger partial charge < -0.3 is 9.84 Å². The van der Waals surface area contributed by atoms with Crippen LogP contribution in [0.1, 0.15) is 31.7 Å². The highest BCUT2D eigenvalue weighted by molar-refractivity contribution is 5.69. The zero-order chi connectivity index (χ0) is 12.5. The summed E-state index contributed by atoms with van der Waals surface area (Å²) in [5, 5.41) is 8.70. The lowest BCUT2D eigenvalue weighted by atomic mass is 10.1. The molecule has 0 aliphatic carbocycles. The molecule has 1 rings (SSSR count). The molecular weight excluding hydrogens is 216 g/mol. The van der Waals surface area contributed by atoms with Crippen molar-refractivity contribution in [2.24, 2.45) is 5.92 Å². The van der Waals surface area contributed by atoms with E-state index in [0.29, 0.717) is 13.2 Å². The molecule has 94 valence electrons. The summed E-state index contributed by atoms with van der Waals surface area (Å²) in [6, 6.07) is 10.0. The van der Waals surface area contributed by atoms with Crippen LogP contribution in [0, 0.1) is 5.92 Å². The predicted molar refractivity (Wildman–Crippen MR) is 66.7 cm³/mol. The van der Waals surface area contributed by atoms with Crippen LogP contribution in [0.4, 0.5) is 0 Å². The van der Waals surface area contributed by atoms with Gasteiger partial charge in [-0.15, -0.1) is 0 Å². The second kappa shape index (κ2) is 7.85. The molecule has 1 aromatic rings. The van der Waals surface area contributed by atoms with E-state index in [1.165, 1.54) is 5.56 Å². The van der Waals surface area contributed by atoms with Gasteiger partial charge in [0.15, 0.2) is 0 Å². The number of carbonyl (C=O) groups is 1. The third-order valence-corrected chi connectivity index (χ3v) is 2.71. The van der Waals surface area contributed by atoms with Crippen LogP contribution in [0.15, 0.2) is 30.3 Å². The predicted octanol–water partition coefficient (Wildman–Crippen LogP) is 3.09. The van der Waals surface area contributed by atoms with Gasteiger partial charge in [0.25, 0.3) is 0 Å². The Hall–Kier alpha value is -1.35. The fourth-order valence-electron chi connectivity index (χ4n) is 1.54. The quantitative estimate of drug-likeness (QED) is 0.705. The van der Waals surface area contributed by atoms with E-state index in [4.69, 9.17) is 9.84 Å². The molecule has 3 nitrogen and oxygen atoms in total. The highest BCUT2D eigenvalue weighted by Crippen LogP contribution is 2.08. The van der Waals surface area contributed by atoms with Gasteiger partial charge in [-0.05, 0) is 18.4 Å². The van der Waals surface area contributed by atoms with Crippen molar-refractivity contribution in [3.63, 3.8) is 0 Å². The number of unbranched alkanes of at least 4 members (excludes halogenated alkanes) is 1. The number of hydrogen-bond donors (Lipinski definition) is 1. The van der Waals surface area contributed by atoms with Crippen molar-refractivity contribution >= 4 is 5.97 Å². The third-order valence-electron chi connectivity index (χ3n) is 2.71. The minimum absolute atomic E-state index is 0.246. The summed E-state index contributed by atoms with van der Waals surface area (Å²) in [6.45, 7) is 3.07. The molecule has 1 N–H and O–H groups in total. The molecule has 0 fully saturated rings. The molecule has 0 spiro atoms. The molecule has 1 aromatic carbocycles. The van der Waals surface area contributed by atoms with E-state index >= 15 is 0 Å². The van der Waals surface area contributed by atoms with Crippen molar-refractivity contribution in [1.29, 1.82) is 0 Å². The Bertz CT molecular complexity index is 321. The summed E-state index contributed by atoms with van der Waals surface area (Å²) >= 11 is 0. The van der Waals surface area contributed by atoms with E-state index in [0.717, 1.165) is 19.3 Å². The Balaban J connectivity index is 2.00. The van der Waals surface area contributed by atoms with Gasteiger partial charge in [-0.3, -0.25) is 4.79 Å². The smallest absolute Gasteiger partial charge is 0.306 e. The normalized spacial score (nSPS) is 12.3. The molecule has 0 heterocycles. The van der Waals surface area contributed by atoms with Crippen LogP contribution >= 0.6 is 0 Å². The first-order chi connectivity index (χ1) is 8.20. The Morgan fingerprint density at radius 3 is 2.65 bits per heavy atom. The molecule has 17 heavy (non-hydrogen) atoms. The highest BCUT2D eigenvalue weighted by Gasteiger charge is 2.09. The number of hydrogen-bond acceptors (Lipinski definition) is 2. The first kappa shape index (κ1) is 13.7. The Morgan fingerprint density at radius 1 is 1.29 bits per heavy atom. The van der Waals surface area contributed by atoms with Crippen LogP contribution in [0.5, 0.6) is 0 Å². The third kappa shape index (κ3) is 6.07. The molecule has 0 radical (unpaired) electrons. The maximum atomic E-state index is 10.6. The van der Waals surface area contributed by atoms with Gasteiger partial charge in [-0.2, -0.15) is 0 Å². The standard InChI is InChI=1S/C14H20O3/c1-12(14(15)16)7-5-6-10-17-11-13-8-3-2-4-9-13/h2-4,8-9,12H,5-7,10-11H2,1H3,(H,15,16)/t12-/m1/s1. The van der Waals surface area contributed by atoms with E-state index < -0.39 is 5.97 Å². The minimum Gasteiger partial charge on any atom is -0.481 e. The Labute approximate surface area is 102 Å². The van der Waals surface area contributed by atoms with Crippen molar-refractivity contribution in [3.8, 4) is 0 Å². The molecule has 0 bridgehead atoms.